The summed E-state index contributed by atoms with van der Waals surface area (Å²) in [6.07, 6.45) is 0.354. The van der Waals surface area contributed by atoms with E-state index in [2.05, 4.69) is 4.74 Å². The second kappa shape index (κ2) is 2.92. The van der Waals surface area contributed by atoms with Gasteiger partial charge in [0.05, 0.1) is 6.42 Å². The van der Waals surface area contributed by atoms with E-state index in [1.807, 2.05) is 0 Å². The Balaban J connectivity index is 2.54. The zero-order valence-electron chi connectivity index (χ0n) is 5.41. The minimum atomic E-state index is -1.02. The molecule has 60 valence electrons. The molecule has 1 aliphatic rings. The van der Waals surface area contributed by atoms with Crippen LogP contribution in [-0.2, 0) is 14.3 Å². The maximum Gasteiger partial charge on any atom is 0.350 e. The molecule has 0 saturated heterocycles. The summed E-state index contributed by atoms with van der Waals surface area (Å²) >= 11 is 5.33. The van der Waals surface area contributed by atoms with Crippen LogP contribution in [0, 0.1) is 0 Å². The van der Waals surface area contributed by atoms with Crippen LogP contribution in [0.25, 0.3) is 0 Å². The maximum atomic E-state index is 10.6. The second-order valence-corrected chi connectivity index (χ2v) is 2.46. The first-order valence-electron chi connectivity index (χ1n) is 2.89. The van der Waals surface area contributed by atoms with Gasteiger partial charge in [-0.15, -0.1) is 0 Å². The number of hydrogen-bond acceptors (Lipinski definition) is 3. The van der Waals surface area contributed by atoms with E-state index in [4.69, 9.17) is 16.7 Å². The summed E-state index contributed by atoms with van der Waals surface area (Å²) < 4.78 is 4.54. The molecule has 0 aromatic rings. The first kappa shape index (κ1) is 8.07. The lowest BCUT2D eigenvalue weighted by atomic mass is 10.2. The molecule has 0 spiro atoms. The largest absolute Gasteiger partial charge is 0.481 e. The van der Waals surface area contributed by atoms with Gasteiger partial charge >= 0.3 is 11.9 Å². The van der Waals surface area contributed by atoms with Gasteiger partial charge < -0.3 is 9.84 Å². The van der Waals surface area contributed by atoms with E-state index >= 15 is 0 Å². The van der Waals surface area contributed by atoms with Crippen LogP contribution in [0.2, 0.25) is 0 Å². The molecule has 0 aromatic carbocycles. The smallest absolute Gasteiger partial charge is 0.350 e. The summed E-state index contributed by atoms with van der Waals surface area (Å²) in [6.45, 7) is 0. The minimum absolute atomic E-state index is 0.0451. The second-order valence-electron chi connectivity index (χ2n) is 2.06. The van der Waals surface area contributed by atoms with Crippen molar-refractivity contribution in [2.24, 2.45) is 0 Å². The Kier molecular flexibility index (Phi) is 2.14. The van der Waals surface area contributed by atoms with E-state index < -0.39 is 18.0 Å². The van der Waals surface area contributed by atoms with Crippen molar-refractivity contribution in [1.29, 1.82) is 0 Å². The first-order valence-corrected chi connectivity index (χ1v) is 3.27. The van der Waals surface area contributed by atoms with Gasteiger partial charge in [0.25, 0.3) is 0 Å². The normalized spacial score (nSPS) is 22.8. The molecule has 1 rings (SSSR count). The van der Waals surface area contributed by atoms with Crippen molar-refractivity contribution < 1.29 is 19.4 Å². The summed E-state index contributed by atoms with van der Waals surface area (Å²) in [5.41, 5.74) is 0. The fraction of sp³-hybridized carbons (Fsp3) is 0.333. The molecule has 0 amide bonds. The van der Waals surface area contributed by atoms with Crippen LogP contribution in [0.1, 0.15) is 6.42 Å². The molecule has 0 aromatic heterocycles. The molecule has 1 N–H and O–H groups in total. The SMILES string of the molecule is O=C(O)C[C@H]1C=C(Cl)C(=O)O1. The van der Waals surface area contributed by atoms with Gasteiger partial charge in [-0.05, 0) is 6.08 Å². The number of carboxylic acids is 1. The van der Waals surface area contributed by atoms with Crippen molar-refractivity contribution >= 4 is 23.5 Å². The van der Waals surface area contributed by atoms with Gasteiger partial charge in [0.2, 0.25) is 0 Å². The Labute approximate surface area is 67.4 Å². The van der Waals surface area contributed by atoms with Crippen molar-refractivity contribution in [3.8, 4) is 0 Å². The van der Waals surface area contributed by atoms with Crippen LogP contribution >= 0.6 is 11.6 Å². The third-order valence-electron chi connectivity index (χ3n) is 1.16. The van der Waals surface area contributed by atoms with Crippen molar-refractivity contribution in [2.45, 2.75) is 12.5 Å². The highest BCUT2D eigenvalue weighted by Gasteiger charge is 2.25. The fourth-order valence-corrected chi connectivity index (χ4v) is 0.917. The molecule has 1 atom stereocenters. The number of cyclic esters (lactones) is 1. The van der Waals surface area contributed by atoms with Crippen LogP contribution < -0.4 is 0 Å². The van der Waals surface area contributed by atoms with Crippen molar-refractivity contribution in [3.05, 3.63) is 11.1 Å². The lowest BCUT2D eigenvalue weighted by Crippen LogP contribution is -2.12. The lowest BCUT2D eigenvalue weighted by Gasteiger charge is -2.02. The number of aliphatic carboxylic acids is 1. The average molecular weight is 177 g/mol. The molecule has 0 saturated carbocycles. The van der Waals surface area contributed by atoms with E-state index in [0.29, 0.717) is 0 Å². The Hall–Kier alpha value is -1.03. The number of esters is 1. The van der Waals surface area contributed by atoms with Crippen LogP contribution in [0.5, 0.6) is 0 Å². The van der Waals surface area contributed by atoms with Gasteiger partial charge in [0.15, 0.2) is 0 Å². The van der Waals surface area contributed by atoms with Gasteiger partial charge in [-0.25, -0.2) is 4.79 Å². The molecule has 11 heavy (non-hydrogen) atoms. The van der Waals surface area contributed by atoms with E-state index in [1.54, 1.807) is 0 Å². The van der Waals surface area contributed by atoms with Gasteiger partial charge in [-0.1, -0.05) is 11.6 Å². The van der Waals surface area contributed by atoms with Crippen molar-refractivity contribution in [1.82, 2.24) is 0 Å². The molecule has 1 heterocycles. The molecular formula is C6H5ClO4. The third kappa shape index (κ3) is 1.94. The van der Waals surface area contributed by atoms with E-state index in [1.165, 1.54) is 6.08 Å². The molecule has 0 fully saturated rings. The topological polar surface area (TPSA) is 63.6 Å². The Bertz CT molecular complexity index is 233. The van der Waals surface area contributed by atoms with Crippen LogP contribution in [0.15, 0.2) is 11.1 Å². The standard InChI is InChI=1S/C6H5ClO4/c7-4-1-3(2-5(8)9)11-6(4)10/h1,3H,2H2,(H,8,9)/t3-/m1/s1. The zero-order valence-corrected chi connectivity index (χ0v) is 6.17. The highest BCUT2D eigenvalue weighted by atomic mass is 35.5. The summed E-state index contributed by atoms with van der Waals surface area (Å²) in [5, 5.41) is 8.24. The van der Waals surface area contributed by atoms with Crippen LogP contribution in [0.4, 0.5) is 0 Å². The third-order valence-corrected chi connectivity index (χ3v) is 1.44. The molecule has 5 heteroatoms. The number of carbonyl (C=O) groups excluding carboxylic acids is 1. The Morgan fingerprint density at radius 1 is 1.82 bits per heavy atom. The predicted octanol–water partition coefficient (Wildman–Crippen LogP) is 0.509. The first-order chi connectivity index (χ1) is 5.09. The van der Waals surface area contributed by atoms with Crippen molar-refractivity contribution in [3.63, 3.8) is 0 Å². The number of hydrogen-bond donors (Lipinski definition) is 1. The van der Waals surface area contributed by atoms with E-state index in [9.17, 15) is 9.59 Å². The maximum absolute atomic E-state index is 10.6. The molecule has 0 unspecified atom stereocenters. The van der Waals surface area contributed by atoms with Gasteiger partial charge in [-0.3, -0.25) is 4.79 Å². The Morgan fingerprint density at radius 2 is 2.45 bits per heavy atom. The summed E-state index contributed by atoms with van der Waals surface area (Å²) in [7, 11) is 0. The fourth-order valence-electron chi connectivity index (χ4n) is 0.732. The number of carbonyl (C=O) groups is 2. The molecule has 0 aliphatic carbocycles. The molecule has 4 nitrogen and oxygen atoms in total. The molecule has 1 aliphatic heterocycles. The molecular weight excluding hydrogens is 172 g/mol. The predicted molar refractivity (Wildman–Crippen MR) is 36.1 cm³/mol. The Morgan fingerprint density at radius 3 is 2.82 bits per heavy atom. The summed E-state index contributed by atoms with van der Waals surface area (Å²) in [5.74, 6) is -1.68. The minimum Gasteiger partial charge on any atom is -0.481 e. The summed E-state index contributed by atoms with van der Waals surface area (Å²) in [6, 6.07) is 0. The number of rotatable bonds is 2. The van der Waals surface area contributed by atoms with Gasteiger partial charge in [0.1, 0.15) is 11.1 Å². The summed E-state index contributed by atoms with van der Waals surface area (Å²) in [4.78, 5) is 20.7. The van der Waals surface area contributed by atoms with Crippen LogP contribution in [0.3, 0.4) is 0 Å². The van der Waals surface area contributed by atoms with E-state index in [0.717, 1.165) is 0 Å². The van der Waals surface area contributed by atoms with Gasteiger partial charge in [-0.2, -0.15) is 0 Å². The van der Waals surface area contributed by atoms with Gasteiger partial charge in [0, 0.05) is 0 Å². The monoisotopic (exact) mass is 176 g/mol. The number of halogens is 1. The molecule has 0 bridgehead atoms. The van der Waals surface area contributed by atoms with E-state index in [-0.39, 0.29) is 11.5 Å². The lowest BCUT2D eigenvalue weighted by molar-refractivity contribution is -0.144. The zero-order chi connectivity index (χ0) is 8.43. The average Bonchev–Trinajstić information content (AvgIpc) is 2.10. The number of carboxylic acid groups (broad SMARTS) is 1. The highest BCUT2D eigenvalue weighted by Crippen LogP contribution is 2.18. The number of ether oxygens (including phenoxy) is 1. The quantitative estimate of drug-likeness (QED) is 0.623. The highest BCUT2D eigenvalue weighted by molar-refractivity contribution is 6.41. The molecule has 0 radical (unpaired) electrons. The van der Waals surface area contributed by atoms with Crippen LogP contribution in [-0.4, -0.2) is 23.1 Å². The van der Waals surface area contributed by atoms with Crippen molar-refractivity contribution in [2.75, 3.05) is 0 Å².